The number of esters is 1. The number of amides is 2. The zero-order valence-corrected chi connectivity index (χ0v) is 28.3. The Balaban J connectivity index is 1.21. The maximum atomic E-state index is 14.0. The molecule has 1 aromatic carbocycles. The number of piperidine rings is 1. The number of thiazole rings is 1. The molecule has 2 saturated heterocycles. The molecule has 12 heteroatoms. The molecule has 0 aliphatic carbocycles. The first-order chi connectivity index (χ1) is 21.8. The Morgan fingerprint density at radius 1 is 1.15 bits per heavy atom. The SMILES string of the molecule is Cc1ncsc1-c1ccc(CNC(=O)[C@@H]2CC(O)CN2C(=O)C(c2cc(N3CCC(C(=O)OC(C)(C)C)CC3)no2)C(C)C)cc1. The van der Waals surface area contributed by atoms with Gasteiger partial charge in [-0.3, -0.25) is 14.4 Å². The summed E-state index contributed by atoms with van der Waals surface area (Å²) in [5.41, 5.74) is 4.29. The van der Waals surface area contributed by atoms with E-state index in [9.17, 15) is 19.5 Å². The summed E-state index contributed by atoms with van der Waals surface area (Å²) in [6.45, 7) is 13.0. The zero-order valence-electron chi connectivity index (χ0n) is 27.5. The van der Waals surface area contributed by atoms with E-state index in [4.69, 9.17) is 9.26 Å². The molecule has 2 unspecified atom stereocenters. The fourth-order valence-corrected chi connectivity index (χ4v) is 7.00. The van der Waals surface area contributed by atoms with Crippen LogP contribution in [0.1, 0.15) is 76.8 Å². The molecule has 2 fully saturated rings. The van der Waals surface area contributed by atoms with Crippen molar-refractivity contribution >= 4 is 34.9 Å². The smallest absolute Gasteiger partial charge is 0.309 e. The number of aliphatic hydroxyl groups excluding tert-OH is 1. The van der Waals surface area contributed by atoms with E-state index in [1.807, 2.05) is 71.3 Å². The Labute approximate surface area is 274 Å². The van der Waals surface area contributed by atoms with Crippen molar-refractivity contribution in [1.82, 2.24) is 20.4 Å². The quantitative estimate of drug-likeness (QED) is 0.316. The average molecular weight is 652 g/mol. The van der Waals surface area contributed by atoms with Crippen LogP contribution < -0.4 is 10.2 Å². The maximum Gasteiger partial charge on any atom is 0.309 e. The van der Waals surface area contributed by atoms with Crippen LogP contribution in [0.25, 0.3) is 10.4 Å². The first-order valence-corrected chi connectivity index (χ1v) is 16.9. The third-order valence-electron chi connectivity index (χ3n) is 8.61. The van der Waals surface area contributed by atoms with Gasteiger partial charge >= 0.3 is 5.97 Å². The first kappa shape index (κ1) is 33.6. The van der Waals surface area contributed by atoms with E-state index in [-0.39, 0.29) is 42.6 Å². The van der Waals surface area contributed by atoms with Crippen molar-refractivity contribution in [2.24, 2.45) is 11.8 Å². The third kappa shape index (κ3) is 7.78. The van der Waals surface area contributed by atoms with Crippen molar-refractivity contribution in [3.8, 4) is 10.4 Å². The van der Waals surface area contributed by atoms with Crippen molar-refractivity contribution in [2.45, 2.75) is 91.0 Å². The number of rotatable bonds is 9. The molecule has 2 N–H and O–H groups in total. The predicted octanol–water partition coefficient (Wildman–Crippen LogP) is 4.68. The second-order valence-corrected chi connectivity index (χ2v) is 14.5. The Morgan fingerprint density at radius 2 is 1.85 bits per heavy atom. The number of carbonyl (C=O) groups excluding carboxylic acids is 3. The molecule has 2 aromatic heterocycles. The highest BCUT2D eigenvalue weighted by Gasteiger charge is 2.43. The van der Waals surface area contributed by atoms with Crippen LogP contribution in [-0.2, 0) is 25.7 Å². The maximum absolute atomic E-state index is 14.0. The third-order valence-corrected chi connectivity index (χ3v) is 9.58. The number of aliphatic hydroxyl groups is 1. The van der Waals surface area contributed by atoms with Crippen LogP contribution in [0.3, 0.4) is 0 Å². The van der Waals surface area contributed by atoms with Crippen molar-refractivity contribution in [1.29, 1.82) is 0 Å². The number of hydrogen-bond donors (Lipinski definition) is 2. The molecule has 3 atom stereocenters. The highest BCUT2D eigenvalue weighted by Crippen LogP contribution is 2.34. The topological polar surface area (TPSA) is 138 Å². The molecule has 2 aliphatic heterocycles. The Kier molecular flexibility index (Phi) is 10.2. The molecule has 248 valence electrons. The fraction of sp³-hybridized carbons (Fsp3) is 0.559. The van der Waals surface area contributed by atoms with E-state index in [2.05, 4.69) is 20.4 Å². The van der Waals surface area contributed by atoms with Crippen molar-refractivity contribution in [3.63, 3.8) is 0 Å². The highest BCUT2D eigenvalue weighted by molar-refractivity contribution is 7.13. The number of hydrogen-bond acceptors (Lipinski definition) is 10. The number of benzene rings is 1. The van der Waals surface area contributed by atoms with Crippen molar-refractivity contribution in [2.75, 3.05) is 24.5 Å². The summed E-state index contributed by atoms with van der Waals surface area (Å²) < 4.78 is 11.3. The van der Waals surface area contributed by atoms with Gasteiger partial charge in [0.1, 0.15) is 17.6 Å². The Hall–Kier alpha value is -3.77. The van der Waals surface area contributed by atoms with E-state index >= 15 is 0 Å². The summed E-state index contributed by atoms with van der Waals surface area (Å²) in [5.74, 6) is -0.710. The van der Waals surface area contributed by atoms with Gasteiger partial charge in [-0.15, -0.1) is 11.3 Å². The van der Waals surface area contributed by atoms with Crippen LogP contribution in [0.4, 0.5) is 5.82 Å². The molecule has 0 saturated carbocycles. The van der Waals surface area contributed by atoms with Gasteiger partial charge < -0.3 is 29.5 Å². The lowest BCUT2D eigenvalue weighted by molar-refractivity contribution is -0.160. The Morgan fingerprint density at radius 3 is 2.46 bits per heavy atom. The standard InChI is InChI=1S/C34H45N5O6S/c1-20(2)29(27-16-28(37-45-27)38-13-11-24(12-14-38)33(43)44-34(4,5)6)32(42)39-18-25(40)15-26(39)31(41)35-17-22-7-9-23(10-8-22)30-21(3)36-19-46-30/h7-10,16,19-20,24-26,29,40H,11-15,17-18H2,1-6H3,(H,35,41)/t25?,26-,29?/m0/s1. The van der Waals surface area contributed by atoms with Gasteiger partial charge in [0.25, 0.3) is 0 Å². The molecule has 2 amide bonds. The van der Waals surface area contributed by atoms with E-state index in [1.165, 1.54) is 4.90 Å². The molecular weight excluding hydrogens is 606 g/mol. The molecule has 2 aliphatic rings. The number of aromatic nitrogens is 2. The molecular formula is C34H45N5O6S. The average Bonchev–Trinajstić information content (AvgIpc) is 3.75. The molecule has 4 heterocycles. The van der Waals surface area contributed by atoms with Gasteiger partial charge in [0, 0.05) is 38.7 Å². The van der Waals surface area contributed by atoms with Gasteiger partial charge in [0.2, 0.25) is 11.8 Å². The fourth-order valence-electron chi connectivity index (χ4n) is 6.18. The minimum absolute atomic E-state index is 0.0716. The summed E-state index contributed by atoms with van der Waals surface area (Å²) in [7, 11) is 0. The molecule has 46 heavy (non-hydrogen) atoms. The number of β-amino-alcohol motifs (C(OH)–C–C–N with tert-alkyl or cyclic N) is 1. The van der Waals surface area contributed by atoms with Crippen LogP contribution in [0.15, 0.2) is 40.4 Å². The molecule has 0 radical (unpaired) electrons. The van der Waals surface area contributed by atoms with E-state index in [0.29, 0.717) is 44.1 Å². The molecule has 5 rings (SSSR count). The highest BCUT2D eigenvalue weighted by atomic mass is 32.1. The summed E-state index contributed by atoms with van der Waals surface area (Å²) in [6, 6.07) is 8.96. The van der Waals surface area contributed by atoms with Crippen LogP contribution in [0, 0.1) is 18.8 Å². The lowest BCUT2D eigenvalue weighted by atomic mass is 9.91. The van der Waals surface area contributed by atoms with Crippen LogP contribution in [0.5, 0.6) is 0 Å². The molecule has 0 spiro atoms. The number of nitrogens with one attached hydrogen (secondary N) is 1. The summed E-state index contributed by atoms with van der Waals surface area (Å²) in [6.07, 6.45) is 0.649. The monoisotopic (exact) mass is 651 g/mol. The number of anilines is 1. The van der Waals surface area contributed by atoms with Gasteiger partial charge in [-0.1, -0.05) is 43.3 Å². The summed E-state index contributed by atoms with van der Waals surface area (Å²) >= 11 is 1.59. The number of carbonyl (C=O) groups is 3. The minimum Gasteiger partial charge on any atom is -0.460 e. The number of nitrogens with zero attached hydrogens (tertiary/aromatic N) is 4. The van der Waals surface area contributed by atoms with Crippen LogP contribution in [0.2, 0.25) is 0 Å². The van der Waals surface area contributed by atoms with Crippen molar-refractivity contribution in [3.05, 3.63) is 52.9 Å². The van der Waals surface area contributed by atoms with Crippen LogP contribution in [-0.4, -0.2) is 75.3 Å². The van der Waals surface area contributed by atoms with E-state index in [0.717, 1.165) is 21.7 Å². The lowest BCUT2D eigenvalue weighted by Crippen LogP contribution is -2.48. The second kappa shape index (κ2) is 13.9. The number of ether oxygens (including phenoxy) is 1. The van der Waals surface area contributed by atoms with Gasteiger partial charge in [0.05, 0.1) is 28.1 Å². The van der Waals surface area contributed by atoms with Gasteiger partial charge in [0.15, 0.2) is 11.6 Å². The normalized spacial score (nSPS) is 19.8. The first-order valence-electron chi connectivity index (χ1n) is 16.0. The minimum atomic E-state index is -0.800. The lowest BCUT2D eigenvalue weighted by Gasteiger charge is -2.32. The van der Waals surface area contributed by atoms with Crippen molar-refractivity contribution < 1.29 is 28.8 Å². The van der Waals surface area contributed by atoms with E-state index < -0.39 is 23.7 Å². The Bertz CT molecular complexity index is 1520. The number of aryl methyl sites for hydroxylation is 1. The number of likely N-dealkylation sites (tertiary alicyclic amines) is 1. The molecule has 11 nitrogen and oxygen atoms in total. The predicted molar refractivity (Wildman–Crippen MR) is 175 cm³/mol. The van der Waals surface area contributed by atoms with Gasteiger partial charge in [-0.2, -0.15) is 0 Å². The molecule has 3 aromatic rings. The van der Waals surface area contributed by atoms with Gasteiger partial charge in [-0.05, 0) is 57.6 Å². The largest absolute Gasteiger partial charge is 0.460 e. The van der Waals surface area contributed by atoms with Gasteiger partial charge in [-0.25, -0.2) is 4.98 Å². The zero-order chi connectivity index (χ0) is 33.2. The second-order valence-electron chi connectivity index (χ2n) is 13.7. The summed E-state index contributed by atoms with van der Waals surface area (Å²) in [4.78, 5) is 48.9. The van der Waals surface area contributed by atoms with Crippen LogP contribution >= 0.6 is 11.3 Å². The molecule has 0 bridgehead atoms. The summed E-state index contributed by atoms with van der Waals surface area (Å²) in [5, 5.41) is 17.8. The van der Waals surface area contributed by atoms with E-state index in [1.54, 1.807) is 17.4 Å².